The van der Waals surface area contributed by atoms with Crippen molar-refractivity contribution in [2.24, 2.45) is 0 Å². The number of ether oxygens (including phenoxy) is 3. The maximum absolute atomic E-state index is 13.1. The van der Waals surface area contributed by atoms with Crippen LogP contribution in [0.4, 0.5) is 5.69 Å². The van der Waals surface area contributed by atoms with Gasteiger partial charge in [-0.15, -0.1) is 0 Å². The van der Waals surface area contributed by atoms with E-state index < -0.39 is 0 Å². The molecule has 1 fully saturated rings. The van der Waals surface area contributed by atoms with Gasteiger partial charge in [-0.2, -0.15) is 0 Å². The highest BCUT2D eigenvalue weighted by Crippen LogP contribution is 2.33. The van der Waals surface area contributed by atoms with Crippen LogP contribution in [0.15, 0.2) is 36.4 Å². The van der Waals surface area contributed by atoms with E-state index in [2.05, 4.69) is 45.1 Å². The summed E-state index contributed by atoms with van der Waals surface area (Å²) in [6.07, 6.45) is 0. The molecule has 33 heavy (non-hydrogen) atoms. The van der Waals surface area contributed by atoms with Crippen LogP contribution in [0.3, 0.4) is 0 Å². The number of hydrogen-bond acceptors (Lipinski definition) is 5. The summed E-state index contributed by atoms with van der Waals surface area (Å²) in [4.78, 5) is 27.2. The number of carbonyl (C=O) groups is 2. The van der Waals surface area contributed by atoms with Crippen molar-refractivity contribution in [1.82, 2.24) is 4.90 Å². The number of nitrogens with zero attached hydrogens (tertiary/aromatic N) is 1. The third-order valence-electron chi connectivity index (χ3n) is 5.75. The van der Waals surface area contributed by atoms with E-state index in [0.29, 0.717) is 43.4 Å². The lowest BCUT2D eigenvalue weighted by Crippen LogP contribution is -2.43. The molecule has 0 saturated carbocycles. The first-order valence-electron chi connectivity index (χ1n) is 11.4. The molecule has 7 heteroatoms. The second-order valence-corrected chi connectivity index (χ2v) is 8.72. The summed E-state index contributed by atoms with van der Waals surface area (Å²) < 4.78 is 16.4. The van der Waals surface area contributed by atoms with Gasteiger partial charge in [-0.05, 0) is 41.2 Å². The Morgan fingerprint density at radius 1 is 1.00 bits per heavy atom. The number of carbonyl (C=O) groups excluding carboxylic acids is 2. The van der Waals surface area contributed by atoms with E-state index in [9.17, 15) is 9.59 Å². The van der Waals surface area contributed by atoms with Crippen LogP contribution >= 0.6 is 0 Å². The van der Waals surface area contributed by atoms with Crippen molar-refractivity contribution in [2.75, 3.05) is 45.3 Å². The Morgan fingerprint density at radius 2 is 1.64 bits per heavy atom. The maximum atomic E-state index is 13.1. The van der Waals surface area contributed by atoms with Crippen molar-refractivity contribution in [1.29, 1.82) is 0 Å². The van der Waals surface area contributed by atoms with Crippen molar-refractivity contribution in [3.63, 3.8) is 0 Å². The first-order valence-corrected chi connectivity index (χ1v) is 11.4. The van der Waals surface area contributed by atoms with Crippen LogP contribution in [0.2, 0.25) is 0 Å². The zero-order valence-corrected chi connectivity index (χ0v) is 20.1. The van der Waals surface area contributed by atoms with E-state index in [-0.39, 0.29) is 30.3 Å². The van der Waals surface area contributed by atoms with Gasteiger partial charge < -0.3 is 24.4 Å². The quantitative estimate of drug-likeness (QED) is 0.638. The van der Waals surface area contributed by atoms with Crippen LogP contribution in [0.25, 0.3) is 0 Å². The average Bonchev–Trinajstić information content (AvgIpc) is 2.82. The Bertz CT molecular complexity index is 954. The van der Waals surface area contributed by atoms with Crippen molar-refractivity contribution in [3.05, 3.63) is 53.1 Å². The number of amides is 2. The summed E-state index contributed by atoms with van der Waals surface area (Å²) >= 11 is 0. The SMILES string of the molecule is COc1cc(C(=O)Nc2c(C(C)C)cccc2C(C)C)ccc1OCC(=O)N1CCOCC1. The lowest BCUT2D eigenvalue weighted by Gasteiger charge is -2.26. The van der Waals surface area contributed by atoms with Crippen LogP contribution in [-0.2, 0) is 9.53 Å². The van der Waals surface area contributed by atoms with Gasteiger partial charge in [0.15, 0.2) is 18.1 Å². The van der Waals surface area contributed by atoms with Gasteiger partial charge in [0.1, 0.15) is 0 Å². The Hall–Kier alpha value is -3.06. The van der Waals surface area contributed by atoms with Gasteiger partial charge in [-0.1, -0.05) is 45.9 Å². The molecule has 0 aliphatic carbocycles. The number of hydrogen-bond donors (Lipinski definition) is 1. The second kappa shape index (κ2) is 11.2. The summed E-state index contributed by atoms with van der Waals surface area (Å²) in [7, 11) is 1.51. The van der Waals surface area contributed by atoms with Crippen LogP contribution in [0.5, 0.6) is 11.5 Å². The molecule has 7 nitrogen and oxygen atoms in total. The third-order valence-corrected chi connectivity index (χ3v) is 5.75. The minimum Gasteiger partial charge on any atom is -0.493 e. The van der Waals surface area contributed by atoms with E-state index in [1.54, 1.807) is 23.1 Å². The highest BCUT2D eigenvalue weighted by molar-refractivity contribution is 6.05. The molecular weight excluding hydrogens is 420 g/mol. The summed E-state index contributed by atoms with van der Waals surface area (Å²) in [6, 6.07) is 11.1. The van der Waals surface area contributed by atoms with Gasteiger partial charge in [0.25, 0.3) is 11.8 Å². The first kappa shape index (κ1) is 24.6. The minimum atomic E-state index is -0.223. The number of methoxy groups -OCH3 is 1. The van der Waals surface area contributed by atoms with Gasteiger partial charge in [-0.25, -0.2) is 0 Å². The highest BCUT2D eigenvalue weighted by atomic mass is 16.5. The van der Waals surface area contributed by atoms with Crippen LogP contribution in [0, 0.1) is 0 Å². The van der Waals surface area contributed by atoms with Crippen molar-refractivity contribution < 1.29 is 23.8 Å². The molecular formula is C26H34N2O5. The summed E-state index contributed by atoms with van der Waals surface area (Å²) in [6.45, 7) is 10.6. The Balaban J connectivity index is 1.75. The Kier molecular flexibility index (Phi) is 8.33. The molecule has 2 aromatic carbocycles. The molecule has 2 amide bonds. The summed E-state index contributed by atoms with van der Waals surface area (Å²) in [5.74, 6) is 1.04. The fourth-order valence-electron chi connectivity index (χ4n) is 3.85. The minimum absolute atomic E-state index is 0.0958. The molecule has 3 rings (SSSR count). The standard InChI is InChI=1S/C26H34N2O5/c1-17(2)20-7-6-8-21(18(3)4)25(20)27-26(30)19-9-10-22(23(15-19)31-5)33-16-24(29)28-11-13-32-14-12-28/h6-10,15,17-18H,11-14,16H2,1-5H3,(H,27,30). The highest BCUT2D eigenvalue weighted by Gasteiger charge is 2.20. The van der Waals surface area contributed by atoms with Crippen LogP contribution in [-0.4, -0.2) is 56.7 Å². The smallest absolute Gasteiger partial charge is 0.260 e. The maximum Gasteiger partial charge on any atom is 0.260 e. The molecule has 0 unspecified atom stereocenters. The molecule has 0 radical (unpaired) electrons. The molecule has 1 saturated heterocycles. The van der Waals surface area contributed by atoms with E-state index in [0.717, 1.165) is 16.8 Å². The predicted octanol–water partition coefficient (Wildman–Crippen LogP) is 4.43. The molecule has 1 aliphatic heterocycles. The molecule has 0 bridgehead atoms. The second-order valence-electron chi connectivity index (χ2n) is 8.72. The zero-order valence-electron chi connectivity index (χ0n) is 20.1. The molecule has 1 aliphatic rings. The fraction of sp³-hybridized carbons (Fsp3) is 0.462. The normalized spacial score (nSPS) is 13.8. The van der Waals surface area contributed by atoms with E-state index in [1.165, 1.54) is 7.11 Å². The molecule has 2 aromatic rings. The lowest BCUT2D eigenvalue weighted by molar-refractivity contribution is -0.137. The number of para-hydroxylation sites is 1. The van der Waals surface area contributed by atoms with Gasteiger partial charge in [0, 0.05) is 24.3 Å². The molecule has 178 valence electrons. The van der Waals surface area contributed by atoms with Crippen molar-refractivity contribution in [2.45, 2.75) is 39.5 Å². The van der Waals surface area contributed by atoms with E-state index in [1.807, 2.05) is 6.07 Å². The van der Waals surface area contributed by atoms with Crippen LogP contribution in [0.1, 0.15) is 61.0 Å². The monoisotopic (exact) mass is 454 g/mol. The molecule has 1 N–H and O–H groups in total. The van der Waals surface area contributed by atoms with Crippen LogP contribution < -0.4 is 14.8 Å². The third kappa shape index (κ3) is 6.05. The molecule has 0 atom stereocenters. The number of anilines is 1. The topological polar surface area (TPSA) is 77.1 Å². The van der Waals surface area contributed by atoms with Crippen molar-refractivity contribution in [3.8, 4) is 11.5 Å². The fourth-order valence-corrected chi connectivity index (χ4v) is 3.85. The molecule has 0 spiro atoms. The Labute approximate surface area is 196 Å². The lowest BCUT2D eigenvalue weighted by atomic mass is 9.92. The number of morpholine rings is 1. The Morgan fingerprint density at radius 3 is 2.21 bits per heavy atom. The van der Waals surface area contributed by atoms with Gasteiger partial charge >= 0.3 is 0 Å². The summed E-state index contributed by atoms with van der Waals surface area (Å²) in [5, 5.41) is 3.11. The molecule has 0 aromatic heterocycles. The largest absolute Gasteiger partial charge is 0.493 e. The molecule has 1 heterocycles. The zero-order chi connectivity index (χ0) is 24.0. The predicted molar refractivity (Wildman–Crippen MR) is 128 cm³/mol. The van der Waals surface area contributed by atoms with Gasteiger partial charge in [-0.3, -0.25) is 9.59 Å². The first-order chi connectivity index (χ1) is 15.8. The summed E-state index contributed by atoms with van der Waals surface area (Å²) in [5.41, 5.74) is 3.51. The van der Waals surface area contributed by atoms with Gasteiger partial charge in [0.05, 0.1) is 20.3 Å². The average molecular weight is 455 g/mol. The number of nitrogens with one attached hydrogen (secondary N) is 1. The number of benzene rings is 2. The van der Waals surface area contributed by atoms with E-state index in [4.69, 9.17) is 14.2 Å². The van der Waals surface area contributed by atoms with Gasteiger partial charge in [0.2, 0.25) is 0 Å². The van der Waals surface area contributed by atoms with Crippen molar-refractivity contribution >= 4 is 17.5 Å². The van der Waals surface area contributed by atoms with E-state index >= 15 is 0 Å². The number of rotatable bonds is 8.